The third-order valence-electron chi connectivity index (χ3n) is 3.89. The second-order valence-electron chi connectivity index (χ2n) is 5.30. The van der Waals surface area contributed by atoms with Crippen molar-refractivity contribution in [3.63, 3.8) is 0 Å². The summed E-state index contributed by atoms with van der Waals surface area (Å²) in [6.07, 6.45) is 1.77. The number of hydrogen-bond acceptors (Lipinski definition) is 3. The van der Waals surface area contributed by atoms with Gasteiger partial charge in [0.25, 0.3) is 5.91 Å². The van der Waals surface area contributed by atoms with Crippen LogP contribution in [0.25, 0.3) is 0 Å². The summed E-state index contributed by atoms with van der Waals surface area (Å²) >= 11 is 0. The molecule has 0 unspecified atom stereocenters. The van der Waals surface area contributed by atoms with Gasteiger partial charge in [-0.25, -0.2) is 0 Å². The van der Waals surface area contributed by atoms with Gasteiger partial charge < -0.3 is 14.6 Å². The molecule has 22 heavy (non-hydrogen) atoms. The van der Waals surface area contributed by atoms with E-state index in [0.717, 1.165) is 17.1 Å². The number of carbonyl (C=O) groups excluding carboxylic acids is 1. The summed E-state index contributed by atoms with van der Waals surface area (Å²) in [5.41, 5.74) is 3.63. The van der Waals surface area contributed by atoms with E-state index in [-0.39, 0.29) is 12.5 Å². The second kappa shape index (κ2) is 7.22. The Balaban J connectivity index is 2.28. The van der Waals surface area contributed by atoms with Crippen molar-refractivity contribution in [3.05, 3.63) is 53.1 Å². The molecule has 0 saturated carbocycles. The fourth-order valence-electron chi connectivity index (χ4n) is 2.61. The molecule has 2 rings (SSSR count). The van der Waals surface area contributed by atoms with Crippen molar-refractivity contribution in [2.45, 2.75) is 27.3 Å². The Morgan fingerprint density at radius 1 is 1.36 bits per heavy atom. The summed E-state index contributed by atoms with van der Waals surface area (Å²) in [6.45, 7) is 7.44. The van der Waals surface area contributed by atoms with Crippen LogP contribution in [0, 0.1) is 13.8 Å². The Morgan fingerprint density at radius 3 is 2.73 bits per heavy atom. The monoisotopic (exact) mass is 301 g/mol. The number of amides is 1. The van der Waals surface area contributed by atoms with Gasteiger partial charge in [0.2, 0.25) is 0 Å². The molecule has 0 bridgehead atoms. The highest BCUT2D eigenvalue weighted by Gasteiger charge is 2.20. The molecular weight excluding hydrogens is 278 g/mol. The first kappa shape index (κ1) is 16.2. The molecule has 2 aromatic heterocycles. The number of aromatic nitrogens is 2. The Labute approximate surface area is 131 Å². The minimum atomic E-state index is -0.0306. The van der Waals surface area contributed by atoms with E-state index >= 15 is 0 Å². The first-order chi connectivity index (χ1) is 10.6. The molecule has 0 aliphatic rings. The van der Waals surface area contributed by atoms with E-state index in [0.29, 0.717) is 25.2 Å². The largest absolute Gasteiger partial charge is 0.395 e. The molecule has 0 radical (unpaired) electrons. The molecule has 1 N–H and O–H groups in total. The summed E-state index contributed by atoms with van der Waals surface area (Å²) < 4.78 is 2.10. The highest BCUT2D eigenvalue weighted by molar-refractivity contribution is 5.95. The van der Waals surface area contributed by atoms with Crippen molar-refractivity contribution in [2.75, 3.05) is 19.7 Å². The maximum absolute atomic E-state index is 12.6. The Morgan fingerprint density at radius 2 is 2.14 bits per heavy atom. The van der Waals surface area contributed by atoms with Gasteiger partial charge in [-0.1, -0.05) is 6.07 Å². The van der Waals surface area contributed by atoms with Gasteiger partial charge in [-0.3, -0.25) is 9.78 Å². The maximum Gasteiger partial charge on any atom is 0.255 e. The van der Waals surface area contributed by atoms with E-state index in [1.807, 2.05) is 45.0 Å². The summed E-state index contributed by atoms with van der Waals surface area (Å²) in [6, 6.07) is 7.75. The second-order valence-corrected chi connectivity index (χ2v) is 5.30. The van der Waals surface area contributed by atoms with Crippen LogP contribution in [0.15, 0.2) is 30.5 Å². The van der Waals surface area contributed by atoms with E-state index < -0.39 is 0 Å². The van der Waals surface area contributed by atoms with Gasteiger partial charge in [-0.15, -0.1) is 0 Å². The number of rotatable bonds is 6. The summed E-state index contributed by atoms with van der Waals surface area (Å²) in [5, 5.41) is 9.08. The fraction of sp³-hybridized carbons (Fsp3) is 0.412. The summed E-state index contributed by atoms with van der Waals surface area (Å²) in [7, 11) is 0. The predicted molar refractivity (Wildman–Crippen MR) is 85.9 cm³/mol. The quantitative estimate of drug-likeness (QED) is 0.888. The molecule has 5 heteroatoms. The third kappa shape index (κ3) is 3.36. The lowest BCUT2D eigenvalue weighted by Crippen LogP contribution is -2.33. The van der Waals surface area contributed by atoms with E-state index in [2.05, 4.69) is 9.55 Å². The zero-order valence-electron chi connectivity index (χ0n) is 13.4. The zero-order valence-corrected chi connectivity index (χ0v) is 13.4. The average Bonchev–Trinajstić information content (AvgIpc) is 2.81. The highest BCUT2D eigenvalue weighted by atomic mass is 16.3. The van der Waals surface area contributed by atoms with Gasteiger partial charge >= 0.3 is 0 Å². The Hall–Kier alpha value is -2.14. The number of hydrogen-bond donors (Lipinski definition) is 1. The van der Waals surface area contributed by atoms with Crippen LogP contribution in [0.4, 0.5) is 0 Å². The van der Waals surface area contributed by atoms with Crippen LogP contribution in [0.1, 0.15) is 34.4 Å². The third-order valence-corrected chi connectivity index (χ3v) is 3.89. The Kier molecular flexibility index (Phi) is 5.33. The van der Waals surface area contributed by atoms with Gasteiger partial charge in [0.15, 0.2) is 0 Å². The summed E-state index contributed by atoms with van der Waals surface area (Å²) in [5.74, 6) is -0.0306. The molecule has 2 heterocycles. The van der Waals surface area contributed by atoms with Gasteiger partial charge in [-0.2, -0.15) is 0 Å². The average molecular weight is 301 g/mol. The van der Waals surface area contributed by atoms with Crippen molar-refractivity contribution in [1.82, 2.24) is 14.5 Å². The first-order valence-electron chi connectivity index (χ1n) is 7.55. The van der Waals surface area contributed by atoms with E-state index in [1.165, 1.54) is 0 Å². The molecule has 0 fully saturated rings. The standard InChI is InChI=1S/C17H23N3O2/c1-4-19(9-10-21)17(22)16-11-13(2)20(14(16)3)12-15-7-5-6-8-18-15/h5-8,11,21H,4,9-10,12H2,1-3H3. The molecule has 0 atom stereocenters. The van der Waals surface area contributed by atoms with Crippen LogP contribution in [-0.4, -0.2) is 45.2 Å². The van der Waals surface area contributed by atoms with E-state index in [9.17, 15) is 4.79 Å². The lowest BCUT2D eigenvalue weighted by Gasteiger charge is -2.19. The minimum Gasteiger partial charge on any atom is -0.395 e. The highest BCUT2D eigenvalue weighted by Crippen LogP contribution is 2.18. The fourth-order valence-corrected chi connectivity index (χ4v) is 2.61. The minimum absolute atomic E-state index is 0.0216. The number of pyridine rings is 1. The topological polar surface area (TPSA) is 58.4 Å². The van der Waals surface area contributed by atoms with Crippen LogP contribution in [0.5, 0.6) is 0 Å². The van der Waals surface area contributed by atoms with Crippen LogP contribution < -0.4 is 0 Å². The molecule has 5 nitrogen and oxygen atoms in total. The number of aryl methyl sites for hydroxylation is 1. The van der Waals surface area contributed by atoms with Crippen molar-refractivity contribution in [1.29, 1.82) is 0 Å². The van der Waals surface area contributed by atoms with Gasteiger partial charge in [0.1, 0.15) is 0 Å². The van der Waals surface area contributed by atoms with Gasteiger partial charge in [0, 0.05) is 30.7 Å². The van der Waals surface area contributed by atoms with E-state index in [1.54, 1.807) is 11.1 Å². The predicted octanol–water partition coefficient (Wildman–Crippen LogP) is 2.00. The van der Waals surface area contributed by atoms with Crippen molar-refractivity contribution < 1.29 is 9.90 Å². The maximum atomic E-state index is 12.6. The Bertz CT molecular complexity index is 635. The summed E-state index contributed by atoms with van der Waals surface area (Å²) in [4.78, 5) is 18.6. The molecular formula is C17H23N3O2. The van der Waals surface area contributed by atoms with Crippen LogP contribution in [-0.2, 0) is 6.54 Å². The molecule has 118 valence electrons. The normalized spacial score (nSPS) is 10.7. The number of likely N-dealkylation sites (N-methyl/N-ethyl adjacent to an activating group) is 1. The molecule has 1 amide bonds. The number of nitrogens with zero attached hydrogens (tertiary/aromatic N) is 3. The molecule has 0 aromatic carbocycles. The van der Waals surface area contributed by atoms with E-state index in [4.69, 9.17) is 5.11 Å². The lowest BCUT2D eigenvalue weighted by molar-refractivity contribution is 0.0731. The molecule has 0 aliphatic heterocycles. The number of carbonyl (C=O) groups is 1. The first-order valence-corrected chi connectivity index (χ1v) is 7.55. The SMILES string of the molecule is CCN(CCO)C(=O)c1cc(C)n(Cc2ccccn2)c1C. The molecule has 0 saturated heterocycles. The van der Waals surface area contributed by atoms with Crippen molar-refractivity contribution in [3.8, 4) is 0 Å². The van der Waals surface area contributed by atoms with Crippen LogP contribution in [0.3, 0.4) is 0 Å². The number of aliphatic hydroxyl groups is 1. The van der Waals surface area contributed by atoms with Crippen molar-refractivity contribution in [2.24, 2.45) is 0 Å². The molecule has 0 aliphatic carbocycles. The van der Waals surface area contributed by atoms with Crippen molar-refractivity contribution >= 4 is 5.91 Å². The molecule has 2 aromatic rings. The zero-order chi connectivity index (χ0) is 16.1. The molecule has 0 spiro atoms. The van der Waals surface area contributed by atoms with Crippen LogP contribution >= 0.6 is 0 Å². The number of aliphatic hydroxyl groups excluding tert-OH is 1. The smallest absolute Gasteiger partial charge is 0.255 e. The van der Waals surface area contributed by atoms with Gasteiger partial charge in [0.05, 0.1) is 24.4 Å². The lowest BCUT2D eigenvalue weighted by atomic mass is 10.2. The van der Waals surface area contributed by atoms with Gasteiger partial charge in [-0.05, 0) is 39.0 Å². The van der Waals surface area contributed by atoms with Crippen LogP contribution in [0.2, 0.25) is 0 Å².